The monoisotopic (exact) mass is 294 g/mol. The predicted octanol–water partition coefficient (Wildman–Crippen LogP) is 4.23. The number of anilines is 1. The minimum absolute atomic E-state index is 0.727. The van der Waals surface area contributed by atoms with Crippen molar-refractivity contribution >= 4 is 16.6 Å². The Morgan fingerprint density at radius 3 is 2.41 bits per heavy atom. The van der Waals surface area contributed by atoms with E-state index in [0.29, 0.717) is 0 Å². The number of aromatic nitrogens is 1. The molecule has 4 heteroatoms. The van der Waals surface area contributed by atoms with Gasteiger partial charge in [-0.15, -0.1) is 0 Å². The van der Waals surface area contributed by atoms with E-state index in [1.807, 2.05) is 50.2 Å². The summed E-state index contributed by atoms with van der Waals surface area (Å²) in [4.78, 5) is 4.39. The van der Waals surface area contributed by atoms with Gasteiger partial charge in [0.15, 0.2) is 0 Å². The number of rotatable bonds is 3. The highest BCUT2D eigenvalue weighted by molar-refractivity contribution is 5.87. The van der Waals surface area contributed by atoms with Crippen molar-refractivity contribution in [1.82, 2.24) is 4.98 Å². The smallest absolute Gasteiger partial charge is 0.138 e. The molecule has 0 radical (unpaired) electrons. The first-order chi connectivity index (χ1) is 10.6. The molecule has 0 aliphatic carbocycles. The third-order valence-electron chi connectivity index (χ3n) is 3.64. The highest BCUT2D eigenvalue weighted by atomic mass is 16.5. The van der Waals surface area contributed by atoms with Crippen LogP contribution in [0.25, 0.3) is 10.9 Å². The molecule has 0 aliphatic heterocycles. The first-order valence-electron chi connectivity index (χ1n) is 7.06. The van der Waals surface area contributed by atoms with E-state index in [9.17, 15) is 0 Å². The van der Waals surface area contributed by atoms with Crippen LogP contribution in [0.2, 0.25) is 0 Å². The van der Waals surface area contributed by atoms with E-state index in [1.165, 1.54) is 0 Å². The molecule has 112 valence electrons. The van der Waals surface area contributed by atoms with Crippen molar-refractivity contribution in [2.45, 2.75) is 13.8 Å². The zero-order valence-corrected chi connectivity index (χ0v) is 12.9. The molecular formula is C18H18N2O2. The van der Waals surface area contributed by atoms with Crippen LogP contribution in [0.3, 0.4) is 0 Å². The zero-order chi connectivity index (χ0) is 15.7. The number of benzene rings is 2. The standard InChI is InChI=1S/C18H18N2O2/c1-11-8-13(19)4-5-16(11)22-17-6-7-20-15-10-18(21-3)12(2)9-14(15)17/h4-10H,19H2,1-3H3. The summed E-state index contributed by atoms with van der Waals surface area (Å²) in [7, 11) is 1.66. The first kappa shape index (κ1) is 14.2. The molecule has 0 atom stereocenters. The van der Waals surface area contributed by atoms with Crippen LogP contribution in [0.15, 0.2) is 42.6 Å². The highest BCUT2D eigenvalue weighted by Gasteiger charge is 2.09. The lowest BCUT2D eigenvalue weighted by Crippen LogP contribution is -1.93. The minimum atomic E-state index is 0.727. The van der Waals surface area contributed by atoms with Crippen LogP contribution in [0.1, 0.15) is 11.1 Å². The Labute approximate surface area is 129 Å². The number of aryl methyl sites for hydroxylation is 2. The molecule has 4 nitrogen and oxygen atoms in total. The molecule has 0 unspecified atom stereocenters. The van der Waals surface area contributed by atoms with Gasteiger partial charge in [-0.3, -0.25) is 4.98 Å². The van der Waals surface area contributed by atoms with Gasteiger partial charge in [-0.2, -0.15) is 0 Å². The Bertz CT molecular complexity index is 844. The maximum atomic E-state index is 6.07. The van der Waals surface area contributed by atoms with Gasteiger partial charge < -0.3 is 15.2 Å². The van der Waals surface area contributed by atoms with Crippen molar-refractivity contribution < 1.29 is 9.47 Å². The summed E-state index contributed by atoms with van der Waals surface area (Å²) < 4.78 is 11.4. The van der Waals surface area contributed by atoms with E-state index in [2.05, 4.69) is 4.98 Å². The van der Waals surface area contributed by atoms with Crippen molar-refractivity contribution in [2.75, 3.05) is 12.8 Å². The summed E-state index contributed by atoms with van der Waals surface area (Å²) in [5.74, 6) is 2.37. The molecular weight excluding hydrogens is 276 g/mol. The van der Waals surface area contributed by atoms with Gasteiger partial charge >= 0.3 is 0 Å². The highest BCUT2D eigenvalue weighted by Crippen LogP contribution is 2.34. The summed E-state index contributed by atoms with van der Waals surface area (Å²) in [5.41, 5.74) is 9.39. The Balaban J connectivity index is 2.09. The average Bonchev–Trinajstić information content (AvgIpc) is 2.50. The van der Waals surface area contributed by atoms with Gasteiger partial charge in [-0.25, -0.2) is 0 Å². The van der Waals surface area contributed by atoms with Gasteiger partial charge in [-0.1, -0.05) is 0 Å². The second kappa shape index (κ2) is 5.56. The number of nitrogens with two attached hydrogens (primary N) is 1. The Hall–Kier alpha value is -2.75. The SMILES string of the molecule is COc1cc2nccc(Oc3ccc(N)cc3C)c2cc1C. The normalized spacial score (nSPS) is 10.7. The van der Waals surface area contributed by atoms with Crippen molar-refractivity contribution in [1.29, 1.82) is 0 Å². The molecule has 0 bridgehead atoms. The predicted molar refractivity (Wildman–Crippen MR) is 88.7 cm³/mol. The lowest BCUT2D eigenvalue weighted by Gasteiger charge is -2.13. The van der Waals surface area contributed by atoms with Crippen molar-refractivity contribution in [3.05, 3.63) is 53.7 Å². The van der Waals surface area contributed by atoms with E-state index >= 15 is 0 Å². The van der Waals surface area contributed by atoms with E-state index in [4.69, 9.17) is 15.2 Å². The van der Waals surface area contributed by atoms with Gasteiger partial charge in [0.1, 0.15) is 17.2 Å². The third kappa shape index (κ3) is 2.55. The average molecular weight is 294 g/mol. The van der Waals surface area contributed by atoms with Crippen LogP contribution in [0.5, 0.6) is 17.2 Å². The molecule has 2 aromatic carbocycles. The molecule has 0 saturated carbocycles. The Kier molecular flexibility index (Phi) is 3.59. The van der Waals surface area contributed by atoms with Gasteiger partial charge in [0.2, 0.25) is 0 Å². The van der Waals surface area contributed by atoms with Crippen LogP contribution < -0.4 is 15.2 Å². The van der Waals surface area contributed by atoms with Gasteiger partial charge in [0.05, 0.1) is 12.6 Å². The quantitative estimate of drug-likeness (QED) is 0.734. The third-order valence-corrected chi connectivity index (χ3v) is 3.64. The lowest BCUT2D eigenvalue weighted by molar-refractivity contribution is 0.412. The Morgan fingerprint density at radius 1 is 0.909 bits per heavy atom. The maximum Gasteiger partial charge on any atom is 0.138 e. The van der Waals surface area contributed by atoms with E-state index in [-0.39, 0.29) is 0 Å². The van der Waals surface area contributed by atoms with Crippen LogP contribution in [-0.2, 0) is 0 Å². The number of ether oxygens (including phenoxy) is 2. The summed E-state index contributed by atoms with van der Waals surface area (Å²) >= 11 is 0. The molecule has 2 N–H and O–H groups in total. The summed E-state index contributed by atoms with van der Waals surface area (Å²) in [6.45, 7) is 3.98. The summed E-state index contributed by atoms with van der Waals surface area (Å²) in [5, 5.41) is 0.956. The Morgan fingerprint density at radius 2 is 1.68 bits per heavy atom. The van der Waals surface area contributed by atoms with E-state index in [0.717, 1.165) is 45.0 Å². The first-order valence-corrected chi connectivity index (χ1v) is 7.06. The van der Waals surface area contributed by atoms with Crippen molar-refractivity contribution in [2.24, 2.45) is 0 Å². The fraction of sp³-hybridized carbons (Fsp3) is 0.167. The number of fused-ring (bicyclic) bond motifs is 1. The fourth-order valence-electron chi connectivity index (χ4n) is 2.47. The van der Waals surface area contributed by atoms with Crippen molar-refractivity contribution in [3.8, 4) is 17.2 Å². The molecule has 1 heterocycles. The zero-order valence-electron chi connectivity index (χ0n) is 12.9. The largest absolute Gasteiger partial charge is 0.496 e. The second-order valence-corrected chi connectivity index (χ2v) is 5.28. The summed E-state index contributed by atoms with van der Waals surface area (Å²) in [6.07, 6.45) is 1.74. The molecule has 0 amide bonds. The fourth-order valence-corrected chi connectivity index (χ4v) is 2.47. The minimum Gasteiger partial charge on any atom is -0.496 e. The molecule has 0 spiro atoms. The van der Waals surface area contributed by atoms with Crippen molar-refractivity contribution in [3.63, 3.8) is 0 Å². The van der Waals surface area contributed by atoms with Crippen LogP contribution >= 0.6 is 0 Å². The number of methoxy groups -OCH3 is 1. The van der Waals surface area contributed by atoms with E-state index in [1.54, 1.807) is 13.3 Å². The molecule has 0 aliphatic rings. The van der Waals surface area contributed by atoms with Crippen LogP contribution in [0, 0.1) is 13.8 Å². The molecule has 3 aromatic rings. The second-order valence-electron chi connectivity index (χ2n) is 5.28. The number of nitrogen functional groups attached to an aromatic ring is 1. The molecule has 22 heavy (non-hydrogen) atoms. The molecule has 0 saturated heterocycles. The number of hydrogen-bond donors (Lipinski definition) is 1. The maximum absolute atomic E-state index is 6.07. The van der Waals surface area contributed by atoms with Gasteiger partial charge in [0.25, 0.3) is 0 Å². The van der Waals surface area contributed by atoms with Crippen LogP contribution in [0.4, 0.5) is 5.69 Å². The topological polar surface area (TPSA) is 57.4 Å². The summed E-state index contributed by atoms with van der Waals surface area (Å²) in [6, 6.07) is 11.4. The number of nitrogens with zero attached hydrogens (tertiary/aromatic N) is 1. The van der Waals surface area contributed by atoms with E-state index < -0.39 is 0 Å². The number of pyridine rings is 1. The van der Waals surface area contributed by atoms with Gasteiger partial charge in [-0.05, 0) is 55.3 Å². The molecule has 1 aromatic heterocycles. The lowest BCUT2D eigenvalue weighted by atomic mass is 10.1. The molecule has 3 rings (SSSR count). The van der Waals surface area contributed by atoms with Gasteiger partial charge in [0, 0.05) is 23.3 Å². The number of hydrogen-bond acceptors (Lipinski definition) is 4. The molecule has 0 fully saturated rings. The van der Waals surface area contributed by atoms with Crippen LogP contribution in [-0.4, -0.2) is 12.1 Å².